The first-order chi connectivity index (χ1) is 15.9. The number of ketones is 1. The number of ether oxygens (including phenoxy) is 5. The van der Waals surface area contributed by atoms with Crippen molar-refractivity contribution in [1.82, 2.24) is 0 Å². The van der Waals surface area contributed by atoms with Crippen molar-refractivity contribution in [2.24, 2.45) is 0 Å². The van der Waals surface area contributed by atoms with Gasteiger partial charge in [0.05, 0.1) is 26.9 Å². The zero-order valence-corrected chi connectivity index (χ0v) is 19.4. The molecule has 3 aromatic carbocycles. The van der Waals surface area contributed by atoms with Crippen LogP contribution < -0.4 is 23.7 Å². The van der Waals surface area contributed by atoms with Crippen molar-refractivity contribution < 1.29 is 28.5 Å². The molecule has 0 N–H and O–H groups in total. The van der Waals surface area contributed by atoms with Crippen LogP contribution in [0.1, 0.15) is 32.6 Å². The molecule has 0 aliphatic carbocycles. The predicted octanol–water partition coefficient (Wildman–Crippen LogP) is 5.52. The molecule has 6 heteroatoms. The average molecular weight is 446 g/mol. The van der Waals surface area contributed by atoms with Gasteiger partial charge in [-0.2, -0.15) is 0 Å². The molecule has 0 radical (unpaired) electrons. The Morgan fingerprint density at radius 3 is 2.39 bits per heavy atom. The van der Waals surface area contributed by atoms with Gasteiger partial charge in [0.15, 0.2) is 17.3 Å². The Bertz CT molecular complexity index is 1240. The zero-order chi connectivity index (χ0) is 23.5. The van der Waals surface area contributed by atoms with Crippen LogP contribution in [0.15, 0.2) is 54.3 Å². The summed E-state index contributed by atoms with van der Waals surface area (Å²) in [6.07, 6.45) is 1.64. The molecule has 6 nitrogen and oxygen atoms in total. The van der Waals surface area contributed by atoms with Crippen molar-refractivity contribution in [3.05, 3.63) is 82.1 Å². The van der Waals surface area contributed by atoms with Crippen molar-refractivity contribution >= 4 is 11.9 Å². The number of hydrogen-bond acceptors (Lipinski definition) is 6. The van der Waals surface area contributed by atoms with E-state index in [0.717, 1.165) is 5.56 Å². The summed E-state index contributed by atoms with van der Waals surface area (Å²) in [7, 11) is 4.62. The normalized spacial score (nSPS) is 13.5. The highest BCUT2D eigenvalue weighted by molar-refractivity contribution is 6.14. The Balaban J connectivity index is 1.58. The lowest BCUT2D eigenvalue weighted by Gasteiger charge is -2.14. The summed E-state index contributed by atoms with van der Waals surface area (Å²) >= 11 is 0. The highest BCUT2D eigenvalue weighted by atomic mass is 16.5. The van der Waals surface area contributed by atoms with E-state index >= 15 is 0 Å². The fraction of sp³-hybridized carbons (Fsp3) is 0.222. The van der Waals surface area contributed by atoms with E-state index in [1.807, 2.05) is 0 Å². The number of methoxy groups -OCH3 is 3. The van der Waals surface area contributed by atoms with Crippen LogP contribution in [0, 0.1) is 13.8 Å². The number of Topliss-reactive ketones (excluding diaryl/α,β-unsaturated/α-hetero) is 1. The van der Waals surface area contributed by atoms with Gasteiger partial charge >= 0.3 is 0 Å². The fourth-order valence-corrected chi connectivity index (χ4v) is 3.75. The van der Waals surface area contributed by atoms with Gasteiger partial charge in [0, 0.05) is 11.6 Å². The Kier molecular flexibility index (Phi) is 6.27. The summed E-state index contributed by atoms with van der Waals surface area (Å²) in [5, 5.41) is 0. The molecule has 0 fully saturated rings. The van der Waals surface area contributed by atoms with Gasteiger partial charge in [0.2, 0.25) is 11.5 Å². The highest BCUT2D eigenvalue weighted by Gasteiger charge is 2.28. The number of carbonyl (C=O) groups excluding carboxylic acids is 1. The van der Waals surface area contributed by atoms with Crippen molar-refractivity contribution in [3.8, 4) is 28.7 Å². The first kappa shape index (κ1) is 22.3. The van der Waals surface area contributed by atoms with Gasteiger partial charge in [-0.25, -0.2) is 0 Å². The molecular formula is C27H26O6. The molecule has 0 atom stereocenters. The third-order valence-corrected chi connectivity index (χ3v) is 5.56. The molecular weight excluding hydrogens is 420 g/mol. The van der Waals surface area contributed by atoms with E-state index < -0.39 is 0 Å². The molecule has 1 heterocycles. The van der Waals surface area contributed by atoms with Crippen LogP contribution in [-0.4, -0.2) is 27.1 Å². The Labute approximate surface area is 193 Å². The highest BCUT2D eigenvalue weighted by Crippen LogP contribution is 2.42. The molecule has 0 saturated heterocycles. The molecule has 170 valence electrons. The summed E-state index contributed by atoms with van der Waals surface area (Å²) in [6.45, 7) is 4.55. The fourth-order valence-electron chi connectivity index (χ4n) is 3.75. The third kappa shape index (κ3) is 4.37. The molecule has 4 rings (SSSR count). The van der Waals surface area contributed by atoms with Crippen molar-refractivity contribution in [2.75, 3.05) is 21.3 Å². The minimum Gasteiger partial charge on any atom is -0.493 e. The van der Waals surface area contributed by atoms with E-state index in [4.69, 9.17) is 23.7 Å². The van der Waals surface area contributed by atoms with Gasteiger partial charge in [0.25, 0.3) is 0 Å². The standard InChI is InChI=1S/C27H26O6/c1-16-6-7-17(2)19(12-16)15-32-20-9-10-21-23(14-20)33-24(25(21)28)13-18-8-11-22(29-3)27(31-5)26(18)30-4/h6-14H,15H2,1-5H3/b24-13-. The van der Waals surface area contributed by atoms with Crippen LogP contribution in [0.2, 0.25) is 0 Å². The van der Waals surface area contributed by atoms with Gasteiger partial charge in [-0.15, -0.1) is 0 Å². The van der Waals surface area contributed by atoms with Crippen molar-refractivity contribution in [2.45, 2.75) is 20.5 Å². The van der Waals surface area contributed by atoms with E-state index in [-0.39, 0.29) is 11.5 Å². The Hall–Kier alpha value is -3.93. The summed E-state index contributed by atoms with van der Waals surface area (Å²) < 4.78 is 28.1. The summed E-state index contributed by atoms with van der Waals surface area (Å²) in [6, 6.07) is 15.1. The largest absolute Gasteiger partial charge is 0.493 e. The zero-order valence-electron chi connectivity index (χ0n) is 19.4. The number of carbonyl (C=O) groups is 1. The second-order valence-electron chi connectivity index (χ2n) is 7.74. The molecule has 0 spiro atoms. The van der Waals surface area contributed by atoms with Crippen molar-refractivity contribution in [3.63, 3.8) is 0 Å². The minimum atomic E-state index is -0.206. The number of fused-ring (bicyclic) bond motifs is 1. The van der Waals surface area contributed by atoms with E-state index in [1.54, 1.807) is 43.5 Å². The van der Waals surface area contributed by atoms with Gasteiger partial charge in [0.1, 0.15) is 18.1 Å². The van der Waals surface area contributed by atoms with E-state index in [2.05, 4.69) is 32.0 Å². The lowest BCUT2D eigenvalue weighted by atomic mass is 10.1. The molecule has 1 aliphatic heterocycles. The molecule has 0 aromatic heterocycles. The second-order valence-corrected chi connectivity index (χ2v) is 7.74. The summed E-state index contributed by atoms with van der Waals surface area (Å²) in [5.41, 5.74) is 4.59. The number of rotatable bonds is 7. The van der Waals surface area contributed by atoms with Crippen LogP contribution in [-0.2, 0) is 6.61 Å². The molecule has 0 bridgehead atoms. The van der Waals surface area contributed by atoms with E-state index in [0.29, 0.717) is 46.5 Å². The maximum absolute atomic E-state index is 12.9. The van der Waals surface area contributed by atoms with Crippen LogP contribution in [0.3, 0.4) is 0 Å². The van der Waals surface area contributed by atoms with E-state index in [1.165, 1.54) is 25.3 Å². The van der Waals surface area contributed by atoms with E-state index in [9.17, 15) is 4.79 Å². The Morgan fingerprint density at radius 2 is 1.67 bits per heavy atom. The van der Waals surface area contributed by atoms with Gasteiger partial charge in [-0.3, -0.25) is 4.79 Å². The van der Waals surface area contributed by atoms with Crippen molar-refractivity contribution in [1.29, 1.82) is 0 Å². The topological polar surface area (TPSA) is 63.2 Å². The first-order valence-corrected chi connectivity index (χ1v) is 10.5. The van der Waals surface area contributed by atoms with Crippen LogP contribution in [0.5, 0.6) is 28.7 Å². The van der Waals surface area contributed by atoms with Crippen LogP contribution >= 0.6 is 0 Å². The Morgan fingerprint density at radius 1 is 0.879 bits per heavy atom. The molecule has 1 aliphatic rings. The van der Waals surface area contributed by atoms with Gasteiger partial charge < -0.3 is 23.7 Å². The predicted molar refractivity (Wildman–Crippen MR) is 126 cm³/mol. The summed E-state index contributed by atoms with van der Waals surface area (Å²) in [4.78, 5) is 12.9. The average Bonchev–Trinajstić information content (AvgIpc) is 3.13. The SMILES string of the molecule is COc1ccc(/C=C2\Oc3cc(OCc4cc(C)ccc4C)ccc3C2=O)c(OC)c1OC. The van der Waals surface area contributed by atoms with Crippen LogP contribution in [0.25, 0.3) is 6.08 Å². The first-order valence-electron chi connectivity index (χ1n) is 10.5. The molecule has 0 amide bonds. The molecule has 3 aromatic rings. The molecule has 0 unspecified atom stereocenters. The maximum Gasteiger partial charge on any atom is 0.231 e. The van der Waals surface area contributed by atoms with Gasteiger partial charge in [-0.1, -0.05) is 23.8 Å². The minimum absolute atomic E-state index is 0.196. The third-order valence-electron chi connectivity index (χ3n) is 5.56. The number of benzene rings is 3. The smallest absolute Gasteiger partial charge is 0.231 e. The lowest BCUT2D eigenvalue weighted by molar-refractivity contribution is 0.101. The van der Waals surface area contributed by atoms with Gasteiger partial charge in [-0.05, 0) is 55.3 Å². The second kappa shape index (κ2) is 9.28. The summed E-state index contributed by atoms with van der Waals surface area (Å²) in [5.74, 6) is 2.51. The number of hydrogen-bond donors (Lipinski definition) is 0. The van der Waals surface area contributed by atoms with Crippen LogP contribution in [0.4, 0.5) is 0 Å². The molecule has 0 saturated carbocycles. The number of allylic oxidation sites excluding steroid dienone is 1. The maximum atomic E-state index is 12.9. The number of aryl methyl sites for hydroxylation is 2. The monoisotopic (exact) mass is 446 g/mol. The quantitative estimate of drug-likeness (QED) is 0.445. The molecule has 33 heavy (non-hydrogen) atoms. The lowest BCUT2D eigenvalue weighted by Crippen LogP contribution is -2.00.